The molecular weight excluding hydrogens is 665 g/mol. The van der Waals surface area contributed by atoms with Gasteiger partial charge in [0.2, 0.25) is 6.34 Å². The van der Waals surface area contributed by atoms with E-state index in [0.717, 1.165) is 35.3 Å². The van der Waals surface area contributed by atoms with E-state index in [4.69, 9.17) is 74.3 Å². The van der Waals surface area contributed by atoms with Crippen LogP contribution in [0, 0.1) is 0 Å². The normalized spacial score (nSPS) is 13.7. The molecular formula is C31H25Cl7N2O. The molecule has 0 aliphatic carbocycles. The zero-order chi connectivity index (χ0) is 28.2. The molecule has 0 saturated carbocycles. The smallest absolute Gasteiger partial charge is 0.235 e. The van der Waals surface area contributed by atoms with E-state index in [9.17, 15) is 0 Å². The molecule has 41 heavy (non-hydrogen) atoms. The molecule has 3 nitrogen and oxygen atoms in total. The molecule has 10 heteroatoms. The van der Waals surface area contributed by atoms with E-state index in [1.807, 2.05) is 42.5 Å². The number of halogens is 7. The van der Waals surface area contributed by atoms with Gasteiger partial charge in [-0.15, -0.1) is 0 Å². The summed E-state index contributed by atoms with van der Waals surface area (Å²) in [5.41, 5.74) is 3.97. The highest BCUT2D eigenvalue weighted by atomic mass is 35.5. The third kappa shape index (κ3) is 8.25. The third-order valence-electron chi connectivity index (χ3n) is 6.83. The SMILES string of the molecule is Clc1ccc(C(c2ccc(Cl)cc2)N2C=[N+](CC(OCc3ccc(Cl)cc3Cl)c3ccc(Cl)cc3Cl)CC2)cc1.[Cl-]. The Morgan fingerprint density at radius 3 is 1.78 bits per heavy atom. The van der Waals surface area contributed by atoms with Crippen molar-refractivity contribution in [1.29, 1.82) is 0 Å². The number of nitrogens with zero attached hydrogens (tertiary/aromatic N) is 2. The maximum Gasteiger partial charge on any atom is 0.235 e. The van der Waals surface area contributed by atoms with Crippen LogP contribution in [-0.4, -0.2) is 35.4 Å². The lowest BCUT2D eigenvalue weighted by Crippen LogP contribution is -3.00. The fourth-order valence-corrected chi connectivity index (χ4v) is 6.06. The third-order valence-corrected chi connectivity index (χ3v) is 8.48. The van der Waals surface area contributed by atoms with Gasteiger partial charge in [-0.3, -0.25) is 9.48 Å². The zero-order valence-corrected chi connectivity index (χ0v) is 26.9. The average Bonchev–Trinajstić information content (AvgIpc) is 3.38. The first-order valence-corrected chi connectivity index (χ1v) is 14.9. The van der Waals surface area contributed by atoms with Crippen molar-refractivity contribution in [2.45, 2.75) is 18.8 Å². The largest absolute Gasteiger partial charge is 1.00 e. The summed E-state index contributed by atoms with van der Waals surface area (Å²) < 4.78 is 8.69. The van der Waals surface area contributed by atoms with Gasteiger partial charge < -0.3 is 17.1 Å². The maximum absolute atomic E-state index is 6.64. The summed E-state index contributed by atoms with van der Waals surface area (Å²) in [6.07, 6.45) is 1.82. The monoisotopic (exact) mass is 686 g/mol. The molecule has 1 aliphatic heterocycles. The highest BCUT2D eigenvalue weighted by Gasteiger charge is 2.32. The lowest BCUT2D eigenvalue weighted by molar-refractivity contribution is -0.525. The van der Waals surface area contributed by atoms with Crippen LogP contribution in [-0.2, 0) is 11.3 Å². The molecule has 1 unspecified atom stereocenters. The molecule has 4 aromatic rings. The number of ether oxygens (including phenoxy) is 1. The van der Waals surface area contributed by atoms with Crippen molar-refractivity contribution >= 4 is 75.9 Å². The minimum Gasteiger partial charge on any atom is -1.00 e. The molecule has 1 atom stereocenters. The minimum atomic E-state index is -0.336. The van der Waals surface area contributed by atoms with Crippen molar-refractivity contribution in [3.63, 3.8) is 0 Å². The first-order valence-electron chi connectivity index (χ1n) is 12.6. The van der Waals surface area contributed by atoms with Gasteiger partial charge in [-0.25, -0.2) is 0 Å². The molecule has 4 aromatic carbocycles. The van der Waals surface area contributed by atoms with Crippen molar-refractivity contribution in [1.82, 2.24) is 4.90 Å². The molecule has 1 heterocycles. The van der Waals surface area contributed by atoms with Gasteiger partial charge in [-0.1, -0.05) is 106 Å². The Kier molecular flexibility index (Phi) is 11.6. The summed E-state index contributed by atoms with van der Waals surface area (Å²) in [6, 6.07) is 26.8. The Morgan fingerprint density at radius 2 is 1.22 bits per heavy atom. The van der Waals surface area contributed by atoms with Crippen LogP contribution in [0.5, 0.6) is 0 Å². The van der Waals surface area contributed by atoms with Crippen LogP contribution in [0.1, 0.15) is 34.4 Å². The number of benzene rings is 4. The van der Waals surface area contributed by atoms with Crippen molar-refractivity contribution in [3.8, 4) is 0 Å². The van der Waals surface area contributed by atoms with Crippen molar-refractivity contribution in [3.05, 3.63) is 137 Å². The minimum absolute atomic E-state index is 0. The average molecular weight is 690 g/mol. The lowest BCUT2D eigenvalue weighted by Gasteiger charge is -2.22. The van der Waals surface area contributed by atoms with E-state index >= 15 is 0 Å². The van der Waals surface area contributed by atoms with E-state index in [2.05, 4.69) is 40.1 Å². The summed E-state index contributed by atoms with van der Waals surface area (Å²) in [5, 5.41) is 3.66. The summed E-state index contributed by atoms with van der Waals surface area (Å²) in [6.45, 7) is 2.51. The van der Waals surface area contributed by atoms with Crippen LogP contribution in [0.25, 0.3) is 0 Å². The summed E-state index contributed by atoms with van der Waals surface area (Å²) in [5.74, 6) is 0. The lowest BCUT2D eigenvalue weighted by atomic mass is 9.97. The highest BCUT2D eigenvalue weighted by Crippen LogP contribution is 2.33. The topological polar surface area (TPSA) is 15.5 Å². The fourth-order valence-electron chi connectivity index (χ4n) is 4.81. The van der Waals surface area contributed by atoms with Crippen molar-refractivity contribution in [2.24, 2.45) is 0 Å². The molecule has 1 aliphatic rings. The number of hydrogen-bond acceptors (Lipinski definition) is 2. The molecule has 0 radical (unpaired) electrons. The van der Waals surface area contributed by atoms with E-state index < -0.39 is 0 Å². The highest BCUT2D eigenvalue weighted by molar-refractivity contribution is 6.35. The van der Waals surface area contributed by atoms with Gasteiger partial charge >= 0.3 is 0 Å². The van der Waals surface area contributed by atoms with Crippen LogP contribution in [0.2, 0.25) is 30.1 Å². The predicted molar refractivity (Wildman–Crippen MR) is 168 cm³/mol. The molecule has 5 rings (SSSR count). The van der Waals surface area contributed by atoms with Gasteiger partial charge in [0.25, 0.3) is 0 Å². The van der Waals surface area contributed by atoms with Crippen LogP contribution < -0.4 is 12.4 Å². The first-order chi connectivity index (χ1) is 19.3. The zero-order valence-electron chi connectivity index (χ0n) is 21.6. The van der Waals surface area contributed by atoms with Crippen LogP contribution >= 0.6 is 69.6 Å². The summed E-state index contributed by atoms with van der Waals surface area (Å²) in [7, 11) is 0. The second-order valence-corrected chi connectivity index (χ2v) is 12.1. The van der Waals surface area contributed by atoms with Crippen LogP contribution in [0.15, 0.2) is 84.9 Å². The van der Waals surface area contributed by atoms with Crippen molar-refractivity contribution in [2.75, 3.05) is 19.6 Å². The molecule has 0 N–H and O–H groups in total. The first kappa shape index (κ1) is 32.3. The fraction of sp³-hybridized carbons (Fsp3) is 0.194. The number of rotatable bonds is 9. The maximum atomic E-state index is 6.64. The Balaban J connectivity index is 0.00000387. The number of hydrogen-bond donors (Lipinski definition) is 0. The Bertz CT molecular complexity index is 1460. The Hall–Kier alpha value is -1.66. The van der Waals surface area contributed by atoms with E-state index in [1.54, 1.807) is 18.2 Å². The van der Waals surface area contributed by atoms with Gasteiger partial charge in [0.15, 0.2) is 0 Å². The van der Waals surface area contributed by atoms with Gasteiger partial charge in [-0.05, 0) is 54.1 Å². The standard InChI is InChI=1S/C31H25Cl6N2O.ClH/c32-23-6-1-20(2-7-23)31(21-3-8-24(33)9-4-21)39-14-13-38(19-39)17-30(27-12-11-26(35)16-29(27)37)40-18-22-5-10-25(34)15-28(22)36;/h1-12,15-16,19,30-31H,13-14,17-18H2;1H/q+1;/p-1. The van der Waals surface area contributed by atoms with Gasteiger partial charge in [0.05, 0.1) is 6.61 Å². The molecule has 214 valence electrons. The van der Waals surface area contributed by atoms with E-state index in [0.29, 0.717) is 43.3 Å². The van der Waals surface area contributed by atoms with Gasteiger partial charge in [-0.2, -0.15) is 0 Å². The molecule has 0 aromatic heterocycles. The molecule has 0 amide bonds. The second kappa shape index (κ2) is 14.7. The van der Waals surface area contributed by atoms with Crippen LogP contribution in [0.3, 0.4) is 0 Å². The molecule has 0 saturated heterocycles. The molecule has 0 bridgehead atoms. The Morgan fingerprint density at radius 1 is 0.683 bits per heavy atom. The summed E-state index contributed by atoms with van der Waals surface area (Å²) in [4.78, 5) is 2.32. The Labute approximate surface area is 276 Å². The van der Waals surface area contributed by atoms with Crippen molar-refractivity contribution < 1.29 is 21.7 Å². The predicted octanol–water partition coefficient (Wildman–Crippen LogP) is 7.01. The van der Waals surface area contributed by atoms with Gasteiger partial charge in [0, 0.05) is 46.8 Å². The van der Waals surface area contributed by atoms with Crippen LogP contribution in [0.4, 0.5) is 0 Å². The van der Waals surface area contributed by atoms with Gasteiger partial charge in [0.1, 0.15) is 31.8 Å². The second-order valence-electron chi connectivity index (χ2n) is 9.56. The quantitative estimate of drug-likeness (QED) is 0.176. The van der Waals surface area contributed by atoms with E-state index in [-0.39, 0.29) is 24.6 Å². The molecule has 0 spiro atoms. The summed E-state index contributed by atoms with van der Waals surface area (Å²) >= 11 is 37.7. The molecule has 0 fully saturated rings. The van der Waals surface area contributed by atoms with E-state index in [1.165, 1.54) is 0 Å².